The molecule has 1 aliphatic carbocycles. The Bertz CT molecular complexity index is 968. The van der Waals surface area contributed by atoms with Crippen molar-refractivity contribution in [2.75, 3.05) is 12.0 Å². The van der Waals surface area contributed by atoms with Gasteiger partial charge in [0.05, 0.1) is 18.2 Å². The standard InChI is InChI=1S/C19H20N4O2S/c1-2-25-15-9-12(7-8-14(15)24)10-22-23-18-17-13-5-3-4-6-16(13)26-19(17)21-11-20-18/h7-11,24H,2-6H2,1H3,(H,20,21,23). The summed E-state index contributed by atoms with van der Waals surface area (Å²) >= 11 is 1.77. The largest absolute Gasteiger partial charge is 0.504 e. The van der Waals surface area contributed by atoms with Crippen molar-refractivity contribution in [2.24, 2.45) is 5.10 Å². The molecule has 2 N–H and O–H groups in total. The molecule has 0 fully saturated rings. The number of aryl methyl sites for hydroxylation is 2. The molecule has 0 radical (unpaired) electrons. The average Bonchev–Trinajstić information content (AvgIpc) is 3.04. The Morgan fingerprint density at radius 3 is 3.08 bits per heavy atom. The highest BCUT2D eigenvalue weighted by Crippen LogP contribution is 2.38. The number of hydrogen-bond donors (Lipinski definition) is 2. The van der Waals surface area contributed by atoms with Gasteiger partial charge in [-0.2, -0.15) is 5.10 Å². The van der Waals surface area contributed by atoms with Crippen molar-refractivity contribution in [3.05, 3.63) is 40.5 Å². The number of hydrogen-bond acceptors (Lipinski definition) is 7. The Morgan fingerprint density at radius 2 is 2.19 bits per heavy atom. The Morgan fingerprint density at radius 1 is 1.31 bits per heavy atom. The average molecular weight is 368 g/mol. The summed E-state index contributed by atoms with van der Waals surface area (Å²) in [7, 11) is 0. The van der Waals surface area contributed by atoms with Crippen LogP contribution in [0.1, 0.15) is 35.8 Å². The number of nitrogens with zero attached hydrogens (tertiary/aromatic N) is 3. The summed E-state index contributed by atoms with van der Waals surface area (Å²) < 4.78 is 5.40. The van der Waals surface area contributed by atoms with E-state index in [2.05, 4.69) is 20.5 Å². The number of anilines is 1. The summed E-state index contributed by atoms with van der Waals surface area (Å²) in [4.78, 5) is 11.3. The molecule has 0 saturated carbocycles. The topological polar surface area (TPSA) is 79.6 Å². The SMILES string of the molecule is CCOc1cc(C=NNc2ncnc3sc4c(c23)CCCC4)ccc1O. The number of ether oxygens (including phenoxy) is 1. The van der Waals surface area contributed by atoms with Crippen LogP contribution < -0.4 is 10.2 Å². The highest BCUT2D eigenvalue weighted by atomic mass is 32.1. The van der Waals surface area contributed by atoms with Gasteiger partial charge in [-0.05, 0) is 61.9 Å². The maximum Gasteiger partial charge on any atom is 0.161 e. The highest BCUT2D eigenvalue weighted by molar-refractivity contribution is 7.19. The third-order valence-corrected chi connectivity index (χ3v) is 5.62. The van der Waals surface area contributed by atoms with Crippen LogP contribution in [0.5, 0.6) is 11.5 Å². The van der Waals surface area contributed by atoms with Crippen LogP contribution in [0, 0.1) is 0 Å². The van der Waals surface area contributed by atoms with Crippen LogP contribution in [0.3, 0.4) is 0 Å². The minimum absolute atomic E-state index is 0.124. The number of nitrogens with one attached hydrogen (secondary N) is 1. The lowest BCUT2D eigenvalue weighted by Gasteiger charge is -2.11. The number of aromatic nitrogens is 2. The smallest absolute Gasteiger partial charge is 0.161 e. The monoisotopic (exact) mass is 368 g/mol. The van der Waals surface area contributed by atoms with Crippen molar-refractivity contribution in [1.82, 2.24) is 9.97 Å². The highest BCUT2D eigenvalue weighted by Gasteiger charge is 2.19. The Hall–Kier alpha value is -2.67. The van der Waals surface area contributed by atoms with E-state index in [1.807, 2.05) is 6.92 Å². The fourth-order valence-corrected chi connectivity index (χ4v) is 4.45. The normalized spacial score (nSPS) is 13.9. The van der Waals surface area contributed by atoms with E-state index in [1.165, 1.54) is 23.3 Å². The number of phenols is 1. The van der Waals surface area contributed by atoms with E-state index in [1.54, 1.807) is 42.1 Å². The summed E-state index contributed by atoms with van der Waals surface area (Å²) in [5, 5.41) is 15.2. The van der Waals surface area contributed by atoms with E-state index in [0.717, 1.165) is 34.4 Å². The van der Waals surface area contributed by atoms with E-state index in [0.29, 0.717) is 12.4 Å². The van der Waals surface area contributed by atoms with Crippen molar-refractivity contribution >= 4 is 33.6 Å². The molecule has 2 aromatic heterocycles. The van der Waals surface area contributed by atoms with Gasteiger partial charge < -0.3 is 9.84 Å². The Kier molecular flexibility index (Phi) is 4.71. The zero-order chi connectivity index (χ0) is 17.9. The Balaban J connectivity index is 1.59. The van der Waals surface area contributed by atoms with E-state index in [-0.39, 0.29) is 5.75 Å². The molecule has 3 aromatic rings. The van der Waals surface area contributed by atoms with Crippen LogP contribution in [0.15, 0.2) is 29.6 Å². The second-order valence-electron chi connectivity index (χ2n) is 6.14. The van der Waals surface area contributed by atoms with Gasteiger partial charge in [-0.15, -0.1) is 11.3 Å². The molecule has 134 valence electrons. The molecule has 0 unspecified atom stereocenters. The van der Waals surface area contributed by atoms with Crippen molar-refractivity contribution in [1.29, 1.82) is 0 Å². The lowest BCUT2D eigenvalue weighted by Crippen LogP contribution is -2.01. The second kappa shape index (κ2) is 7.29. The van der Waals surface area contributed by atoms with Gasteiger partial charge in [-0.25, -0.2) is 9.97 Å². The first kappa shape index (κ1) is 16.8. The van der Waals surface area contributed by atoms with Gasteiger partial charge in [0.15, 0.2) is 17.3 Å². The van der Waals surface area contributed by atoms with E-state index < -0.39 is 0 Å². The quantitative estimate of drug-likeness (QED) is 0.523. The minimum atomic E-state index is 0.124. The first-order chi connectivity index (χ1) is 12.8. The molecule has 1 aliphatic rings. The van der Waals surface area contributed by atoms with Crippen molar-refractivity contribution in [3.8, 4) is 11.5 Å². The maximum atomic E-state index is 9.78. The molecule has 0 saturated heterocycles. The molecule has 1 aromatic carbocycles. The number of rotatable bonds is 5. The summed E-state index contributed by atoms with van der Waals surface area (Å²) in [6, 6.07) is 5.14. The Labute approximate surface area is 155 Å². The molecule has 26 heavy (non-hydrogen) atoms. The number of thiophene rings is 1. The fraction of sp³-hybridized carbons (Fsp3) is 0.316. The van der Waals surface area contributed by atoms with Crippen molar-refractivity contribution in [2.45, 2.75) is 32.6 Å². The zero-order valence-corrected chi connectivity index (χ0v) is 15.3. The molecule has 7 heteroatoms. The summed E-state index contributed by atoms with van der Waals surface area (Å²) in [5.74, 6) is 1.32. The van der Waals surface area contributed by atoms with Gasteiger partial charge in [0.25, 0.3) is 0 Å². The van der Waals surface area contributed by atoms with E-state index in [4.69, 9.17) is 4.74 Å². The number of aromatic hydroxyl groups is 1. The molecule has 0 spiro atoms. The fourth-order valence-electron chi connectivity index (χ4n) is 3.23. The molecule has 4 rings (SSSR count). The molecule has 0 amide bonds. The summed E-state index contributed by atoms with van der Waals surface area (Å²) in [6.45, 7) is 2.37. The molecule has 0 atom stereocenters. The third-order valence-electron chi connectivity index (χ3n) is 4.42. The summed E-state index contributed by atoms with van der Waals surface area (Å²) in [6.07, 6.45) is 7.94. The van der Waals surface area contributed by atoms with Crippen molar-refractivity contribution < 1.29 is 9.84 Å². The maximum absolute atomic E-state index is 9.78. The zero-order valence-electron chi connectivity index (χ0n) is 14.5. The lowest BCUT2D eigenvalue weighted by molar-refractivity contribution is 0.318. The lowest BCUT2D eigenvalue weighted by atomic mass is 9.97. The molecular formula is C19H20N4O2S. The number of fused-ring (bicyclic) bond motifs is 3. The van der Waals surface area contributed by atoms with Gasteiger partial charge in [0.2, 0.25) is 0 Å². The van der Waals surface area contributed by atoms with Gasteiger partial charge in [-0.3, -0.25) is 5.43 Å². The molecule has 0 aliphatic heterocycles. The number of hydrazone groups is 1. The first-order valence-corrected chi connectivity index (χ1v) is 9.58. The summed E-state index contributed by atoms with van der Waals surface area (Å²) in [5.41, 5.74) is 5.26. The van der Waals surface area contributed by atoms with Gasteiger partial charge in [0.1, 0.15) is 11.2 Å². The van der Waals surface area contributed by atoms with Crippen LogP contribution >= 0.6 is 11.3 Å². The van der Waals surface area contributed by atoms with Crippen LogP contribution in [0.25, 0.3) is 10.2 Å². The predicted octanol–water partition coefficient (Wildman–Crippen LogP) is 4.12. The van der Waals surface area contributed by atoms with Crippen LogP contribution in [0.4, 0.5) is 5.82 Å². The van der Waals surface area contributed by atoms with Crippen LogP contribution in [0.2, 0.25) is 0 Å². The number of phenolic OH excluding ortho intramolecular Hbond substituents is 1. The predicted molar refractivity (Wildman–Crippen MR) is 105 cm³/mol. The van der Waals surface area contributed by atoms with E-state index >= 15 is 0 Å². The molecule has 0 bridgehead atoms. The van der Waals surface area contributed by atoms with Crippen LogP contribution in [-0.4, -0.2) is 27.9 Å². The third kappa shape index (κ3) is 3.22. The minimum Gasteiger partial charge on any atom is -0.504 e. The second-order valence-corrected chi connectivity index (χ2v) is 7.23. The molecular weight excluding hydrogens is 348 g/mol. The van der Waals surface area contributed by atoms with Crippen molar-refractivity contribution in [3.63, 3.8) is 0 Å². The van der Waals surface area contributed by atoms with Crippen LogP contribution in [-0.2, 0) is 12.8 Å². The van der Waals surface area contributed by atoms with Gasteiger partial charge >= 0.3 is 0 Å². The first-order valence-electron chi connectivity index (χ1n) is 8.76. The van der Waals surface area contributed by atoms with Gasteiger partial charge in [-0.1, -0.05) is 0 Å². The molecule has 6 nitrogen and oxygen atoms in total. The van der Waals surface area contributed by atoms with Gasteiger partial charge in [0, 0.05) is 4.88 Å². The number of benzene rings is 1. The van der Waals surface area contributed by atoms with E-state index in [9.17, 15) is 5.11 Å². The molecule has 2 heterocycles.